The van der Waals surface area contributed by atoms with Gasteiger partial charge in [0.2, 0.25) is 0 Å². The third-order valence-corrected chi connectivity index (χ3v) is 5.66. The number of aryl methyl sites for hydroxylation is 2. The normalized spacial score (nSPS) is 12.7. The second kappa shape index (κ2) is 5.55. The molecule has 1 unspecified atom stereocenters. The highest BCUT2D eigenvalue weighted by Crippen LogP contribution is 2.38. The maximum Gasteiger partial charge on any atom is 0.0585 e. The van der Waals surface area contributed by atoms with Crippen LogP contribution in [0.4, 0.5) is 0 Å². The van der Waals surface area contributed by atoms with Gasteiger partial charge < -0.3 is 0 Å². The van der Waals surface area contributed by atoms with E-state index in [9.17, 15) is 0 Å². The largest absolute Gasteiger partial charge is 0.146 e. The average Bonchev–Trinajstić information content (AvgIpc) is 2.63. The predicted octanol–water partition coefficient (Wildman–Crippen LogP) is 5.70. The summed E-state index contributed by atoms with van der Waals surface area (Å²) in [5.74, 6) is 0. The third kappa shape index (κ3) is 3.12. The minimum absolute atomic E-state index is 0.302. The van der Waals surface area contributed by atoms with Crippen molar-refractivity contribution in [1.29, 1.82) is 0 Å². The van der Waals surface area contributed by atoms with Gasteiger partial charge in [0.15, 0.2) is 0 Å². The van der Waals surface area contributed by atoms with E-state index in [0.717, 1.165) is 11.4 Å². The first kappa shape index (κ1) is 13.1. The van der Waals surface area contributed by atoms with Crippen LogP contribution in [0.1, 0.15) is 26.4 Å². The van der Waals surface area contributed by atoms with Gasteiger partial charge in [-0.05, 0) is 36.8 Å². The van der Waals surface area contributed by atoms with E-state index in [0.29, 0.717) is 4.83 Å². The summed E-state index contributed by atoms with van der Waals surface area (Å²) in [6.45, 7) is 4.16. The summed E-state index contributed by atoms with van der Waals surface area (Å²) in [6.07, 6.45) is 0.972. The number of rotatable bonds is 3. The number of halogens is 2. The Morgan fingerprint density at radius 2 is 1.88 bits per heavy atom. The Balaban J connectivity index is 2.14. The summed E-state index contributed by atoms with van der Waals surface area (Å²) in [5.41, 5.74) is 3.80. The van der Waals surface area contributed by atoms with E-state index in [1.165, 1.54) is 21.6 Å². The third-order valence-electron chi connectivity index (χ3n) is 2.75. The maximum atomic E-state index is 6.28. The van der Waals surface area contributed by atoms with Gasteiger partial charge in [0.25, 0.3) is 0 Å². The van der Waals surface area contributed by atoms with Gasteiger partial charge in [-0.1, -0.05) is 57.4 Å². The number of alkyl halides is 1. The molecule has 0 saturated heterocycles. The molecule has 0 aliphatic heterocycles. The Bertz CT molecular complexity index is 501. The second-order valence-electron chi connectivity index (χ2n) is 4.25. The van der Waals surface area contributed by atoms with Crippen LogP contribution in [0, 0.1) is 13.8 Å². The maximum absolute atomic E-state index is 6.28. The molecule has 0 aliphatic carbocycles. The fourth-order valence-corrected chi connectivity index (χ4v) is 4.04. The highest BCUT2D eigenvalue weighted by atomic mass is 79.9. The predicted molar refractivity (Wildman–Crippen MR) is 80.6 cm³/mol. The van der Waals surface area contributed by atoms with Crippen LogP contribution in [0.25, 0.3) is 0 Å². The van der Waals surface area contributed by atoms with Gasteiger partial charge in [-0.25, -0.2) is 0 Å². The molecule has 0 fully saturated rings. The lowest BCUT2D eigenvalue weighted by Gasteiger charge is -2.09. The van der Waals surface area contributed by atoms with Crippen molar-refractivity contribution in [3.05, 3.63) is 56.2 Å². The summed E-state index contributed by atoms with van der Waals surface area (Å²) in [7, 11) is 0. The molecule has 0 nitrogen and oxygen atoms in total. The van der Waals surface area contributed by atoms with Crippen molar-refractivity contribution in [1.82, 2.24) is 0 Å². The number of hydrogen-bond donors (Lipinski definition) is 0. The van der Waals surface area contributed by atoms with Crippen molar-refractivity contribution in [2.75, 3.05) is 0 Å². The van der Waals surface area contributed by atoms with E-state index in [4.69, 9.17) is 11.6 Å². The second-order valence-corrected chi connectivity index (χ2v) is 6.65. The van der Waals surface area contributed by atoms with E-state index in [-0.39, 0.29) is 0 Å². The SMILES string of the molecule is Cc1ccc(CC(Br)c2scc(C)c2Cl)cc1. The topological polar surface area (TPSA) is 0 Å². The molecule has 0 amide bonds. The molecule has 3 heteroatoms. The molecule has 0 N–H and O–H groups in total. The van der Waals surface area contributed by atoms with Crippen molar-refractivity contribution in [2.45, 2.75) is 25.1 Å². The summed E-state index contributed by atoms with van der Waals surface area (Å²) in [6, 6.07) is 8.66. The molecule has 1 aromatic carbocycles. The van der Waals surface area contributed by atoms with Gasteiger partial charge in [-0.15, -0.1) is 11.3 Å². The zero-order valence-corrected chi connectivity index (χ0v) is 13.0. The molecular weight excluding hydrogens is 316 g/mol. The number of hydrogen-bond acceptors (Lipinski definition) is 1. The van der Waals surface area contributed by atoms with Gasteiger partial charge in [-0.2, -0.15) is 0 Å². The first-order valence-corrected chi connectivity index (χ1v) is 7.68. The van der Waals surface area contributed by atoms with Gasteiger partial charge in [0.05, 0.1) is 9.85 Å². The lowest BCUT2D eigenvalue weighted by atomic mass is 10.1. The summed E-state index contributed by atoms with van der Waals surface area (Å²) >= 11 is 11.7. The van der Waals surface area contributed by atoms with Gasteiger partial charge >= 0.3 is 0 Å². The summed E-state index contributed by atoms with van der Waals surface area (Å²) in [4.78, 5) is 1.53. The Hall–Kier alpha value is -0.310. The van der Waals surface area contributed by atoms with E-state index >= 15 is 0 Å². The molecule has 1 aromatic heterocycles. The van der Waals surface area contributed by atoms with Gasteiger partial charge in [0.1, 0.15) is 0 Å². The van der Waals surface area contributed by atoms with Crippen LogP contribution in [-0.4, -0.2) is 0 Å². The lowest BCUT2D eigenvalue weighted by Crippen LogP contribution is -1.93. The minimum atomic E-state index is 0.302. The van der Waals surface area contributed by atoms with Crippen molar-refractivity contribution in [3.63, 3.8) is 0 Å². The molecule has 1 heterocycles. The molecule has 0 bridgehead atoms. The van der Waals surface area contributed by atoms with Crippen LogP contribution in [0.5, 0.6) is 0 Å². The van der Waals surface area contributed by atoms with E-state index in [1.54, 1.807) is 11.3 Å². The quantitative estimate of drug-likeness (QED) is 0.634. The first-order valence-electron chi connectivity index (χ1n) is 5.51. The molecule has 0 aliphatic rings. The summed E-state index contributed by atoms with van der Waals surface area (Å²) < 4.78 is 0. The van der Waals surface area contributed by atoms with Crippen LogP contribution < -0.4 is 0 Å². The molecular formula is C14H14BrClS. The Morgan fingerprint density at radius 1 is 1.24 bits per heavy atom. The zero-order valence-electron chi connectivity index (χ0n) is 9.84. The molecule has 0 spiro atoms. The fourth-order valence-electron chi connectivity index (χ4n) is 1.68. The molecule has 0 saturated carbocycles. The number of benzene rings is 1. The van der Waals surface area contributed by atoms with E-state index in [2.05, 4.69) is 52.5 Å². The van der Waals surface area contributed by atoms with Crippen LogP contribution in [-0.2, 0) is 6.42 Å². The van der Waals surface area contributed by atoms with Gasteiger partial charge in [0, 0.05) is 4.88 Å². The molecule has 17 heavy (non-hydrogen) atoms. The molecule has 2 rings (SSSR count). The molecule has 90 valence electrons. The van der Waals surface area contributed by atoms with Gasteiger partial charge in [-0.3, -0.25) is 0 Å². The van der Waals surface area contributed by atoms with Crippen LogP contribution in [0.2, 0.25) is 5.02 Å². The molecule has 2 aromatic rings. The number of thiophene rings is 1. The highest BCUT2D eigenvalue weighted by Gasteiger charge is 2.15. The van der Waals surface area contributed by atoms with Crippen molar-refractivity contribution >= 4 is 38.9 Å². The van der Waals surface area contributed by atoms with Crippen LogP contribution in [0.15, 0.2) is 29.6 Å². The molecule has 0 radical (unpaired) electrons. The van der Waals surface area contributed by atoms with E-state index in [1.807, 2.05) is 6.92 Å². The minimum Gasteiger partial charge on any atom is -0.146 e. The van der Waals surface area contributed by atoms with Crippen molar-refractivity contribution in [3.8, 4) is 0 Å². The van der Waals surface area contributed by atoms with Crippen LogP contribution >= 0.6 is 38.9 Å². The van der Waals surface area contributed by atoms with Crippen molar-refractivity contribution in [2.24, 2.45) is 0 Å². The standard InChI is InChI=1S/C14H14BrClS/c1-9-3-5-11(6-4-9)7-12(15)14-13(16)10(2)8-17-14/h3-6,8,12H,7H2,1-2H3. The first-order chi connectivity index (χ1) is 8.08. The van der Waals surface area contributed by atoms with Crippen LogP contribution in [0.3, 0.4) is 0 Å². The Labute approximate surface area is 120 Å². The summed E-state index contributed by atoms with van der Waals surface area (Å²) in [5, 5.41) is 3.02. The van der Waals surface area contributed by atoms with E-state index < -0.39 is 0 Å². The smallest absolute Gasteiger partial charge is 0.0585 e. The van der Waals surface area contributed by atoms with Crippen molar-refractivity contribution < 1.29 is 0 Å². The highest BCUT2D eigenvalue weighted by molar-refractivity contribution is 9.09. The zero-order chi connectivity index (χ0) is 12.4. The monoisotopic (exact) mass is 328 g/mol. The Kier molecular flexibility index (Phi) is 4.29. The fraction of sp³-hybridized carbons (Fsp3) is 0.286. The lowest BCUT2D eigenvalue weighted by molar-refractivity contribution is 0.967. The molecule has 1 atom stereocenters. The average molecular weight is 330 g/mol. The Morgan fingerprint density at radius 3 is 2.41 bits per heavy atom.